The van der Waals surface area contributed by atoms with Crippen molar-refractivity contribution in [1.29, 1.82) is 0 Å². The molecule has 0 aromatic heterocycles. The molecule has 0 amide bonds. The Labute approximate surface area is 136 Å². The number of carbonyl (C=O) groups is 1. The van der Waals surface area contributed by atoms with E-state index in [-0.39, 0.29) is 12.1 Å². The normalized spacial score (nSPS) is 18.4. The molecule has 4 heteroatoms. The van der Waals surface area contributed by atoms with E-state index in [2.05, 4.69) is 17.4 Å². The number of hydrogen-bond acceptors (Lipinski definition) is 4. The van der Waals surface area contributed by atoms with E-state index < -0.39 is 0 Å². The topological polar surface area (TPSA) is 47.6 Å². The maximum Gasteiger partial charge on any atom is 0.341 e. The lowest BCUT2D eigenvalue weighted by Gasteiger charge is -2.25. The van der Waals surface area contributed by atoms with E-state index in [1.54, 1.807) is 6.07 Å². The van der Waals surface area contributed by atoms with Crippen LogP contribution in [-0.4, -0.2) is 26.2 Å². The molecular weight excluding hydrogens is 290 g/mol. The third-order valence-corrected chi connectivity index (χ3v) is 4.20. The zero-order chi connectivity index (χ0) is 16.1. The van der Waals surface area contributed by atoms with Gasteiger partial charge in [-0.05, 0) is 30.7 Å². The molecule has 0 aliphatic carbocycles. The molecule has 1 aliphatic heterocycles. The van der Waals surface area contributed by atoms with Gasteiger partial charge >= 0.3 is 5.97 Å². The average Bonchev–Trinajstić information content (AvgIpc) is 3.14. The third kappa shape index (κ3) is 3.54. The number of para-hydroxylation sites is 1. The van der Waals surface area contributed by atoms with Gasteiger partial charge in [-0.3, -0.25) is 0 Å². The molecule has 1 aliphatic rings. The highest BCUT2D eigenvalue weighted by Gasteiger charge is 2.29. The number of benzene rings is 2. The van der Waals surface area contributed by atoms with E-state index in [9.17, 15) is 4.79 Å². The van der Waals surface area contributed by atoms with Gasteiger partial charge in [-0.25, -0.2) is 4.79 Å². The first-order valence-electron chi connectivity index (χ1n) is 7.89. The molecular formula is C19H21NO3. The Hall–Kier alpha value is -2.33. The first kappa shape index (κ1) is 15.6. The van der Waals surface area contributed by atoms with Crippen LogP contribution in [0.2, 0.25) is 0 Å². The summed E-state index contributed by atoms with van der Waals surface area (Å²) in [6.45, 7) is 1.91. The molecule has 0 saturated carbocycles. The van der Waals surface area contributed by atoms with E-state index in [1.165, 1.54) is 7.11 Å². The van der Waals surface area contributed by atoms with Crippen LogP contribution in [0.1, 0.15) is 28.4 Å². The largest absolute Gasteiger partial charge is 0.484 e. The predicted molar refractivity (Wildman–Crippen MR) is 88.6 cm³/mol. The first-order chi connectivity index (χ1) is 11.3. The summed E-state index contributed by atoms with van der Waals surface area (Å²) in [5.74, 6) is 0.570. The second-order valence-corrected chi connectivity index (χ2v) is 5.69. The molecule has 23 heavy (non-hydrogen) atoms. The summed E-state index contributed by atoms with van der Waals surface area (Å²) >= 11 is 0. The van der Waals surface area contributed by atoms with Crippen molar-refractivity contribution >= 4 is 5.97 Å². The summed E-state index contributed by atoms with van der Waals surface area (Å²) in [5, 5.41) is 3.39. The van der Waals surface area contributed by atoms with Gasteiger partial charge in [0, 0.05) is 12.5 Å². The Morgan fingerprint density at radius 1 is 1.13 bits per heavy atom. The minimum atomic E-state index is -0.378. The van der Waals surface area contributed by atoms with E-state index >= 15 is 0 Å². The highest BCUT2D eigenvalue weighted by molar-refractivity contribution is 5.92. The molecule has 2 aromatic carbocycles. The smallest absolute Gasteiger partial charge is 0.341 e. The highest BCUT2D eigenvalue weighted by atomic mass is 16.5. The van der Waals surface area contributed by atoms with Gasteiger partial charge in [0.25, 0.3) is 0 Å². The Morgan fingerprint density at radius 3 is 2.57 bits per heavy atom. The van der Waals surface area contributed by atoms with Crippen LogP contribution in [0.5, 0.6) is 5.75 Å². The van der Waals surface area contributed by atoms with Crippen LogP contribution in [0.4, 0.5) is 0 Å². The molecule has 0 radical (unpaired) electrons. The molecule has 1 N–H and O–H groups in total. The zero-order valence-electron chi connectivity index (χ0n) is 13.2. The first-order valence-corrected chi connectivity index (χ1v) is 7.89. The van der Waals surface area contributed by atoms with Crippen LogP contribution in [0.3, 0.4) is 0 Å². The second-order valence-electron chi connectivity index (χ2n) is 5.69. The van der Waals surface area contributed by atoms with Crippen LogP contribution in [-0.2, 0) is 4.74 Å². The van der Waals surface area contributed by atoms with Gasteiger partial charge in [-0.1, -0.05) is 42.5 Å². The van der Waals surface area contributed by atoms with Gasteiger partial charge < -0.3 is 14.8 Å². The Bertz CT molecular complexity index is 651. The summed E-state index contributed by atoms with van der Waals surface area (Å²) in [5.41, 5.74) is 1.59. The summed E-state index contributed by atoms with van der Waals surface area (Å²) in [4.78, 5) is 12.0. The van der Waals surface area contributed by atoms with Gasteiger partial charge in [0.2, 0.25) is 0 Å². The highest BCUT2D eigenvalue weighted by Crippen LogP contribution is 2.33. The number of methoxy groups -OCH3 is 1. The minimum absolute atomic E-state index is 0.0861. The van der Waals surface area contributed by atoms with E-state index in [0.717, 1.165) is 25.1 Å². The standard InChI is InChI=1S/C19H21NO3/c1-22-19(21)16-9-5-6-10-17(16)23-18(15-11-12-20-13-15)14-7-3-2-4-8-14/h2-10,15,18,20H,11-13H2,1H3/t15-,18-/m1/s1. The molecule has 1 heterocycles. The molecule has 0 unspecified atom stereocenters. The molecule has 3 rings (SSSR count). The fraction of sp³-hybridized carbons (Fsp3) is 0.316. The average molecular weight is 311 g/mol. The molecule has 1 fully saturated rings. The number of rotatable bonds is 5. The third-order valence-electron chi connectivity index (χ3n) is 4.20. The lowest BCUT2D eigenvalue weighted by atomic mass is 9.94. The number of nitrogens with one attached hydrogen (secondary N) is 1. The molecule has 0 bridgehead atoms. The molecule has 2 aromatic rings. The van der Waals surface area contributed by atoms with Gasteiger partial charge in [0.05, 0.1) is 7.11 Å². The van der Waals surface area contributed by atoms with E-state index in [4.69, 9.17) is 9.47 Å². The lowest BCUT2D eigenvalue weighted by molar-refractivity contribution is 0.0588. The Kier molecular flexibility index (Phi) is 4.93. The maximum atomic E-state index is 12.0. The van der Waals surface area contributed by atoms with Crippen molar-refractivity contribution in [2.75, 3.05) is 20.2 Å². The summed E-state index contributed by atoms with van der Waals surface area (Å²) in [7, 11) is 1.38. The lowest BCUT2D eigenvalue weighted by Crippen LogP contribution is -2.22. The van der Waals surface area contributed by atoms with Crippen LogP contribution in [0, 0.1) is 5.92 Å². The van der Waals surface area contributed by atoms with Crippen LogP contribution in [0.25, 0.3) is 0 Å². The van der Waals surface area contributed by atoms with Crippen molar-refractivity contribution in [2.24, 2.45) is 5.92 Å². The summed E-state index contributed by atoms with van der Waals surface area (Å²) < 4.78 is 11.2. The quantitative estimate of drug-likeness (QED) is 0.862. The zero-order valence-corrected chi connectivity index (χ0v) is 13.2. The monoisotopic (exact) mass is 311 g/mol. The second kappa shape index (κ2) is 7.29. The van der Waals surface area contributed by atoms with Gasteiger partial charge in [-0.15, -0.1) is 0 Å². The van der Waals surface area contributed by atoms with Crippen molar-refractivity contribution in [3.63, 3.8) is 0 Å². The fourth-order valence-electron chi connectivity index (χ4n) is 3.00. The van der Waals surface area contributed by atoms with Crippen LogP contribution >= 0.6 is 0 Å². The molecule has 1 saturated heterocycles. The van der Waals surface area contributed by atoms with Crippen molar-refractivity contribution < 1.29 is 14.3 Å². The fourth-order valence-corrected chi connectivity index (χ4v) is 3.00. The number of hydrogen-bond donors (Lipinski definition) is 1. The molecule has 2 atom stereocenters. The Balaban J connectivity index is 1.91. The summed E-state index contributed by atoms with van der Waals surface area (Å²) in [6, 6.07) is 17.4. The van der Waals surface area contributed by atoms with Gasteiger partial charge in [0.1, 0.15) is 17.4 Å². The number of carbonyl (C=O) groups excluding carboxylic acids is 1. The van der Waals surface area contributed by atoms with Gasteiger partial charge in [-0.2, -0.15) is 0 Å². The Morgan fingerprint density at radius 2 is 1.87 bits per heavy atom. The van der Waals surface area contributed by atoms with Crippen molar-refractivity contribution in [2.45, 2.75) is 12.5 Å². The SMILES string of the molecule is COC(=O)c1ccccc1O[C@H](c1ccccc1)[C@@H]1CCNC1. The van der Waals surface area contributed by atoms with Gasteiger partial charge in [0.15, 0.2) is 0 Å². The van der Waals surface area contributed by atoms with Crippen LogP contribution < -0.4 is 10.1 Å². The molecule has 0 spiro atoms. The van der Waals surface area contributed by atoms with Crippen molar-refractivity contribution in [1.82, 2.24) is 5.32 Å². The summed E-state index contributed by atoms with van der Waals surface area (Å²) in [6.07, 6.45) is 0.969. The van der Waals surface area contributed by atoms with Crippen molar-refractivity contribution in [3.8, 4) is 5.75 Å². The predicted octanol–water partition coefficient (Wildman–Crippen LogP) is 3.20. The van der Waals surface area contributed by atoms with E-state index in [0.29, 0.717) is 17.2 Å². The molecule has 120 valence electrons. The van der Waals surface area contributed by atoms with Crippen LogP contribution in [0.15, 0.2) is 54.6 Å². The number of esters is 1. The molecule has 4 nitrogen and oxygen atoms in total. The maximum absolute atomic E-state index is 12.0. The number of ether oxygens (including phenoxy) is 2. The van der Waals surface area contributed by atoms with Crippen molar-refractivity contribution in [3.05, 3.63) is 65.7 Å². The van der Waals surface area contributed by atoms with E-state index in [1.807, 2.05) is 36.4 Å². The minimum Gasteiger partial charge on any atom is -0.484 e.